The molecule has 1 aliphatic rings. The Hall–Kier alpha value is -2.50. The van der Waals surface area contributed by atoms with Crippen LogP contribution < -0.4 is 5.32 Å². The summed E-state index contributed by atoms with van der Waals surface area (Å²) in [5, 5.41) is 12.4. The van der Waals surface area contributed by atoms with Gasteiger partial charge in [-0.05, 0) is 44.4 Å². The summed E-state index contributed by atoms with van der Waals surface area (Å²) in [6.45, 7) is 1.32. The Kier molecular flexibility index (Phi) is 6.40. The zero-order chi connectivity index (χ0) is 23.0. The number of β-amino-alcohol motifs (C(OH)–C–C–N with tert-alkyl or cyclic N) is 1. The van der Waals surface area contributed by atoms with Crippen LogP contribution in [0.4, 0.5) is 23.2 Å². The van der Waals surface area contributed by atoms with Crippen LogP contribution in [0.5, 0.6) is 0 Å². The molecule has 6 nitrogen and oxygen atoms in total. The molecule has 31 heavy (non-hydrogen) atoms. The summed E-state index contributed by atoms with van der Waals surface area (Å²) in [7, 11) is -4.39. The molecule has 0 spiro atoms. The predicted molar refractivity (Wildman–Crippen MR) is 104 cm³/mol. The molecular formula is C20H20F4N2O4S. The maximum Gasteiger partial charge on any atom is 0.255 e. The molecule has 1 aliphatic heterocycles. The van der Waals surface area contributed by atoms with E-state index in [-0.39, 0.29) is 18.7 Å². The number of benzene rings is 2. The molecule has 2 aromatic rings. The van der Waals surface area contributed by atoms with E-state index in [4.69, 9.17) is 0 Å². The van der Waals surface area contributed by atoms with E-state index in [2.05, 4.69) is 5.32 Å². The second-order valence-corrected chi connectivity index (χ2v) is 9.55. The van der Waals surface area contributed by atoms with Gasteiger partial charge in [0.05, 0.1) is 5.60 Å². The molecule has 11 heteroatoms. The van der Waals surface area contributed by atoms with E-state index in [1.807, 2.05) is 0 Å². The molecule has 168 valence electrons. The predicted octanol–water partition coefficient (Wildman–Crippen LogP) is 3.42. The number of anilines is 1. The van der Waals surface area contributed by atoms with Crippen molar-refractivity contribution in [1.82, 2.24) is 4.31 Å². The van der Waals surface area contributed by atoms with Crippen molar-refractivity contribution in [3.63, 3.8) is 0 Å². The summed E-state index contributed by atoms with van der Waals surface area (Å²) in [5.74, 6) is -6.83. The molecule has 0 aliphatic carbocycles. The fraction of sp³-hybridized carbons (Fsp3) is 0.350. The van der Waals surface area contributed by atoms with E-state index in [9.17, 15) is 35.9 Å². The molecule has 1 atom stereocenters. The van der Waals surface area contributed by atoms with Gasteiger partial charge in [0.25, 0.3) is 5.91 Å². The van der Waals surface area contributed by atoms with Crippen molar-refractivity contribution in [1.29, 1.82) is 0 Å². The van der Waals surface area contributed by atoms with Gasteiger partial charge in [-0.25, -0.2) is 26.0 Å². The fourth-order valence-corrected chi connectivity index (χ4v) is 5.04. The molecule has 2 N–H and O–H groups in total. The topological polar surface area (TPSA) is 86.7 Å². The number of carbonyl (C=O) groups is 1. The third-order valence-corrected chi connectivity index (χ3v) is 6.80. The Morgan fingerprint density at radius 1 is 1.06 bits per heavy atom. The molecule has 3 rings (SSSR count). The Morgan fingerprint density at radius 2 is 1.71 bits per heavy atom. The number of sulfonamides is 1. The number of nitrogens with zero attached hydrogens (tertiary/aromatic N) is 1. The molecule has 0 saturated carbocycles. The van der Waals surface area contributed by atoms with Crippen LogP contribution in [-0.4, -0.2) is 42.4 Å². The maximum absolute atomic E-state index is 14.4. The Bertz CT molecular complexity index is 1100. The first-order valence-electron chi connectivity index (χ1n) is 9.39. The Morgan fingerprint density at radius 3 is 2.35 bits per heavy atom. The summed E-state index contributed by atoms with van der Waals surface area (Å²) in [6.07, 6.45) is 1.45. The van der Waals surface area contributed by atoms with Crippen LogP contribution in [0.2, 0.25) is 0 Å². The van der Waals surface area contributed by atoms with Crippen LogP contribution >= 0.6 is 0 Å². The first kappa shape index (κ1) is 23.2. The summed E-state index contributed by atoms with van der Waals surface area (Å²) in [4.78, 5) is 11.7. The van der Waals surface area contributed by atoms with Crippen molar-refractivity contribution < 1.29 is 35.9 Å². The highest BCUT2D eigenvalue weighted by Gasteiger charge is 2.35. The van der Waals surface area contributed by atoms with Gasteiger partial charge in [0, 0.05) is 36.5 Å². The lowest BCUT2D eigenvalue weighted by atomic mass is 10.0. The number of hydrogen-bond acceptors (Lipinski definition) is 4. The minimum Gasteiger partial charge on any atom is -0.389 e. The molecule has 1 amide bonds. The smallest absolute Gasteiger partial charge is 0.255 e. The molecule has 1 fully saturated rings. The second kappa shape index (κ2) is 8.56. The highest BCUT2D eigenvalue weighted by atomic mass is 32.2. The molecule has 1 heterocycles. The lowest BCUT2D eigenvalue weighted by Gasteiger charge is -2.28. The van der Waals surface area contributed by atoms with Crippen molar-refractivity contribution >= 4 is 21.6 Å². The van der Waals surface area contributed by atoms with Gasteiger partial charge in [-0.3, -0.25) is 4.79 Å². The normalized spacial score (nSPS) is 20.3. The fourth-order valence-electron chi connectivity index (χ4n) is 3.35. The van der Waals surface area contributed by atoms with Crippen LogP contribution in [0.25, 0.3) is 0 Å². The number of amides is 1. The molecule has 0 bridgehead atoms. The first-order valence-corrected chi connectivity index (χ1v) is 10.8. The number of halogens is 4. The highest BCUT2D eigenvalue weighted by molar-refractivity contribution is 7.89. The summed E-state index contributed by atoms with van der Waals surface area (Å²) >= 11 is 0. The van der Waals surface area contributed by atoms with Crippen LogP contribution in [-0.2, 0) is 10.0 Å². The van der Waals surface area contributed by atoms with Crippen molar-refractivity contribution in [2.75, 3.05) is 18.4 Å². The van der Waals surface area contributed by atoms with E-state index in [1.54, 1.807) is 0 Å². The Balaban J connectivity index is 1.91. The zero-order valence-corrected chi connectivity index (χ0v) is 17.3. The van der Waals surface area contributed by atoms with Gasteiger partial charge in [-0.2, -0.15) is 4.31 Å². The van der Waals surface area contributed by atoms with E-state index in [1.165, 1.54) is 6.92 Å². The Labute approximate surface area is 176 Å². The first-order chi connectivity index (χ1) is 14.4. The summed E-state index contributed by atoms with van der Waals surface area (Å²) in [5.41, 5.74) is -1.99. The number of aliphatic hydroxyl groups is 1. The number of nitrogens with one attached hydrogen (secondary N) is 1. The average Bonchev–Trinajstić information content (AvgIpc) is 2.87. The van der Waals surface area contributed by atoms with Crippen molar-refractivity contribution in [2.45, 2.75) is 36.7 Å². The second-order valence-electron chi connectivity index (χ2n) is 7.65. The quantitative estimate of drug-likeness (QED) is 0.541. The van der Waals surface area contributed by atoms with E-state index >= 15 is 0 Å². The highest BCUT2D eigenvalue weighted by Crippen LogP contribution is 2.28. The van der Waals surface area contributed by atoms with E-state index in [0.717, 1.165) is 22.5 Å². The molecule has 1 saturated heterocycles. The van der Waals surface area contributed by atoms with Gasteiger partial charge in [-0.15, -0.1) is 0 Å². The molecule has 2 aromatic carbocycles. The van der Waals surface area contributed by atoms with Crippen molar-refractivity contribution in [3.05, 3.63) is 59.2 Å². The maximum atomic E-state index is 14.4. The third-order valence-electron chi connectivity index (χ3n) is 4.94. The summed E-state index contributed by atoms with van der Waals surface area (Å²) < 4.78 is 81.2. The van der Waals surface area contributed by atoms with Crippen molar-refractivity contribution in [2.24, 2.45) is 0 Å². The van der Waals surface area contributed by atoms with Gasteiger partial charge in [-0.1, -0.05) is 0 Å². The molecular weight excluding hydrogens is 440 g/mol. The monoisotopic (exact) mass is 460 g/mol. The van der Waals surface area contributed by atoms with E-state index in [0.29, 0.717) is 31.4 Å². The lowest BCUT2D eigenvalue weighted by Crippen LogP contribution is -2.42. The molecule has 0 radical (unpaired) electrons. The van der Waals surface area contributed by atoms with Crippen LogP contribution in [0, 0.1) is 23.3 Å². The van der Waals surface area contributed by atoms with Gasteiger partial charge in [0.2, 0.25) is 10.0 Å². The van der Waals surface area contributed by atoms with Crippen LogP contribution in [0.3, 0.4) is 0 Å². The third kappa shape index (κ3) is 5.05. The summed E-state index contributed by atoms with van der Waals surface area (Å²) in [6, 6.07) is 3.69. The van der Waals surface area contributed by atoms with Gasteiger partial charge < -0.3 is 10.4 Å². The van der Waals surface area contributed by atoms with Gasteiger partial charge in [0.1, 0.15) is 10.7 Å². The van der Waals surface area contributed by atoms with E-state index < -0.39 is 55.4 Å². The number of hydrogen-bond donors (Lipinski definition) is 2. The number of rotatable bonds is 4. The van der Waals surface area contributed by atoms with Gasteiger partial charge >= 0.3 is 0 Å². The van der Waals surface area contributed by atoms with Crippen LogP contribution in [0.15, 0.2) is 35.2 Å². The zero-order valence-electron chi connectivity index (χ0n) is 16.5. The van der Waals surface area contributed by atoms with Crippen LogP contribution in [0.1, 0.15) is 36.5 Å². The molecule has 0 aromatic heterocycles. The lowest BCUT2D eigenvalue weighted by molar-refractivity contribution is 0.0407. The van der Waals surface area contributed by atoms with Crippen molar-refractivity contribution in [3.8, 4) is 0 Å². The largest absolute Gasteiger partial charge is 0.389 e. The SMILES string of the molecule is CC1(O)CCCCN(S(=O)(=O)c2cc(C(=O)Nc3cc(F)c(F)c(F)c3)ccc2F)C1. The standard InChI is InChI=1S/C20H20F4N2O4S/c1-20(28)6-2-3-7-26(11-20)31(29,30)17-8-12(4-5-14(17)21)19(27)25-13-9-15(22)18(24)16(23)10-13/h4-5,8-10,28H,2-3,6-7,11H2,1H3,(H,25,27). The molecule has 1 unspecified atom stereocenters. The average molecular weight is 460 g/mol. The van der Waals surface area contributed by atoms with Gasteiger partial charge in [0.15, 0.2) is 17.5 Å². The minimum atomic E-state index is -4.39. The number of carbonyl (C=O) groups excluding carboxylic acids is 1. The minimum absolute atomic E-state index is 0.0719.